The third kappa shape index (κ3) is 3.02. The average molecular weight is 252 g/mol. The van der Waals surface area contributed by atoms with Crippen molar-refractivity contribution in [2.75, 3.05) is 13.1 Å². The molecule has 1 N–H and O–H groups in total. The summed E-state index contributed by atoms with van der Waals surface area (Å²) in [4.78, 5) is 0. The van der Waals surface area contributed by atoms with Gasteiger partial charge in [-0.1, -0.05) is 50.4 Å². The highest BCUT2D eigenvalue weighted by Crippen LogP contribution is 2.34. The van der Waals surface area contributed by atoms with Crippen molar-refractivity contribution >= 4 is 11.6 Å². The summed E-state index contributed by atoms with van der Waals surface area (Å²) in [6.07, 6.45) is 3.94. The topological polar surface area (TPSA) is 12.0 Å². The molecular formula is C15H22ClN. The number of hydrogen-bond acceptors (Lipinski definition) is 1. The molecule has 1 aliphatic heterocycles. The van der Waals surface area contributed by atoms with Crippen molar-refractivity contribution in [3.8, 4) is 0 Å². The monoisotopic (exact) mass is 251 g/mol. The smallest absolute Gasteiger partial charge is 0.0406 e. The first kappa shape index (κ1) is 12.9. The van der Waals surface area contributed by atoms with E-state index in [0.717, 1.165) is 24.0 Å². The molecule has 0 bridgehead atoms. The molecule has 2 heteroatoms. The summed E-state index contributed by atoms with van der Waals surface area (Å²) in [5.74, 6) is 0.810. The fraction of sp³-hybridized carbons (Fsp3) is 0.600. The lowest BCUT2D eigenvalue weighted by Crippen LogP contribution is -2.56. The Morgan fingerprint density at radius 3 is 2.35 bits per heavy atom. The van der Waals surface area contributed by atoms with E-state index in [1.54, 1.807) is 0 Å². The van der Waals surface area contributed by atoms with E-state index in [-0.39, 0.29) is 0 Å². The zero-order chi connectivity index (χ0) is 12.3. The summed E-state index contributed by atoms with van der Waals surface area (Å²) in [5, 5.41) is 4.25. The summed E-state index contributed by atoms with van der Waals surface area (Å²) in [6, 6.07) is 8.41. The Morgan fingerprint density at radius 1 is 1.24 bits per heavy atom. The summed E-state index contributed by atoms with van der Waals surface area (Å²) >= 11 is 5.95. The Bertz CT molecular complexity index is 352. The number of nitrogens with one attached hydrogen (secondary N) is 1. The maximum absolute atomic E-state index is 5.95. The quantitative estimate of drug-likeness (QED) is 0.834. The van der Waals surface area contributed by atoms with E-state index in [9.17, 15) is 0 Å². The van der Waals surface area contributed by atoms with Gasteiger partial charge < -0.3 is 5.32 Å². The molecule has 94 valence electrons. The first-order valence-corrected chi connectivity index (χ1v) is 6.97. The molecule has 0 radical (unpaired) electrons. The SMILES string of the molecule is CC(C)CCCC1(c2ccc(Cl)cc2)CNC1. The molecule has 0 atom stereocenters. The molecule has 1 fully saturated rings. The van der Waals surface area contributed by atoms with E-state index in [2.05, 4.69) is 31.3 Å². The van der Waals surface area contributed by atoms with Crippen molar-refractivity contribution in [2.45, 2.75) is 38.5 Å². The lowest BCUT2D eigenvalue weighted by Gasteiger charge is -2.43. The van der Waals surface area contributed by atoms with E-state index in [1.165, 1.54) is 24.8 Å². The van der Waals surface area contributed by atoms with Gasteiger partial charge in [-0.3, -0.25) is 0 Å². The maximum Gasteiger partial charge on any atom is 0.0406 e. The molecule has 2 rings (SSSR count). The van der Waals surface area contributed by atoms with E-state index in [0.29, 0.717) is 5.41 Å². The molecule has 1 aromatic rings. The summed E-state index contributed by atoms with van der Waals surface area (Å²) in [6.45, 7) is 6.83. The van der Waals surface area contributed by atoms with Crippen molar-refractivity contribution in [3.63, 3.8) is 0 Å². The number of halogens is 1. The Kier molecular flexibility index (Phi) is 4.11. The van der Waals surface area contributed by atoms with Gasteiger partial charge >= 0.3 is 0 Å². The van der Waals surface area contributed by atoms with Gasteiger partial charge in [0.1, 0.15) is 0 Å². The first-order valence-electron chi connectivity index (χ1n) is 6.59. The summed E-state index contributed by atoms with van der Waals surface area (Å²) < 4.78 is 0. The standard InChI is InChI=1S/C15H22ClN/c1-12(2)4-3-9-15(10-17-11-15)13-5-7-14(16)8-6-13/h5-8,12,17H,3-4,9-11H2,1-2H3. The second kappa shape index (κ2) is 5.41. The van der Waals surface area contributed by atoms with Gasteiger partial charge in [-0.05, 0) is 30.0 Å². The van der Waals surface area contributed by atoms with Crippen LogP contribution < -0.4 is 5.32 Å². The van der Waals surface area contributed by atoms with Crippen molar-refractivity contribution in [2.24, 2.45) is 5.92 Å². The minimum absolute atomic E-state index is 0.374. The minimum Gasteiger partial charge on any atom is -0.315 e. The molecule has 0 aromatic heterocycles. The van der Waals surface area contributed by atoms with Crippen LogP contribution in [0.15, 0.2) is 24.3 Å². The maximum atomic E-state index is 5.95. The van der Waals surface area contributed by atoms with Crippen LogP contribution in [0, 0.1) is 5.92 Å². The lowest BCUT2D eigenvalue weighted by atomic mass is 9.71. The molecule has 1 aromatic carbocycles. The Balaban J connectivity index is 2.01. The minimum atomic E-state index is 0.374. The molecule has 1 nitrogen and oxygen atoms in total. The van der Waals surface area contributed by atoms with Crippen LogP contribution in [-0.2, 0) is 5.41 Å². The van der Waals surface area contributed by atoms with Crippen molar-refractivity contribution < 1.29 is 0 Å². The van der Waals surface area contributed by atoms with Crippen molar-refractivity contribution in [1.82, 2.24) is 5.32 Å². The van der Waals surface area contributed by atoms with E-state index >= 15 is 0 Å². The first-order chi connectivity index (χ1) is 8.12. The van der Waals surface area contributed by atoms with Gasteiger partial charge in [0.2, 0.25) is 0 Å². The van der Waals surface area contributed by atoms with Gasteiger partial charge in [-0.25, -0.2) is 0 Å². The van der Waals surface area contributed by atoms with Gasteiger partial charge in [-0.2, -0.15) is 0 Å². The number of rotatable bonds is 5. The fourth-order valence-corrected chi connectivity index (χ4v) is 2.73. The van der Waals surface area contributed by atoms with Gasteiger partial charge in [0, 0.05) is 23.5 Å². The van der Waals surface area contributed by atoms with E-state index in [4.69, 9.17) is 11.6 Å². The Labute approximate surface area is 110 Å². The van der Waals surface area contributed by atoms with Crippen LogP contribution in [0.4, 0.5) is 0 Å². The highest BCUT2D eigenvalue weighted by molar-refractivity contribution is 6.30. The van der Waals surface area contributed by atoms with Gasteiger partial charge in [0.25, 0.3) is 0 Å². The number of benzene rings is 1. The zero-order valence-electron chi connectivity index (χ0n) is 10.8. The van der Waals surface area contributed by atoms with Crippen LogP contribution in [-0.4, -0.2) is 13.1 Å². The predicted octanol–water partition coefficient (Wildman–Crippen LogP) is 4.01. The van der Waals surface area contributed by atoms with Crippen LogP contribution in [0.5, 0.6) is 0 Å². The van der Waals surface area contributed by atoms with Crippen LogP contribution >= 0.6 is 11.6 Å². The molecule has 0 saturated carbocycles. The zero-order valence-corrected chi connectivity index (χ0v) is 11.6. The molecule has 0 spiro atoms. The fourth-order valence-electron chi connectivity index (χ4n) is 2.60. The highest BCUT2D eigenvalue weighted by atomic mass is 35.5. The highest BCUT2D eigenvalue weighted by Gasteiger charge is 2.37. The van der Waals surface area contributed by atoms with Crippen LogP contribution in [0.2, 0.25) is 5.02 Å². The predicted molar refractivity (Wildman–Crippen MR) is 74.7 cm³/mol. The second-order valence-electron chi connectivity index (χ2n) is 5.68. The van der Waals surface area contributed by atoms with E-state index < -0.39 is 0 Å². The van der Waals surface area contributed by atoms with Gasteiger partial charge in [-0.15, -0.1) is 0 Å². The summed E-state index contributed by atoms with van der Waals surface area (Å²) in [5.41, 5.74) is 1.82. The van der Waals surface area contributed by atoms with Crippen LogP contribution in [0.1, 0.15) is 38.7 Å². The summed E-state index contributed by atoms with van der Waals surface area (Å²) in [7, 11) is 0. The van der Waals surface area contributed by atoms with Gasteiger partial charge in [0.15, 0.2) is 0 Å². The number of hydrogen-bond donors (Lipinski definition) is 1. The van der Waals surface area contributed by atoms with Crippen molar-refractivity contribution in [3.05, 3.63) is 34.9 Å². The van der Waals surface area contributed by atoms with Gasteiger partial charge in [0.05, 0.1) is 0 Å². The molecule has 1 heterocycles. The average Bonchev–Trinajstić information content (AvgIpc) is 2.23. The van der Waals surface area contributed by atoms with E-state index in [1.807, 2.05) is 12.1 Å². The largest absolute Gasteiger partial charge is 0.315 e. The molecule has 0 unspecified atom stereocenters. The van der Waals surface area contributed by atoms with Crippen molar-refractivity contribution in [1.29, 1.82) is 0 Å². The van der Waals surface area contributed by atoms with Crippen LogP contribution in [0.25, 0.3) is 0 Å². The molecule has 1 saturated heterocycles. The normalized spacial score (nSPS) is 18.1. The lowest BCUT2D eigenvalue weighted by molar-refractivity contribution is 0.246. The third-order valence-electron chi connectivity index (χ3n) is 3.82. The molecule has 0 amide bonds. The molecular weight excluding hydrogens is 230 g/mol. The van der Waals surface area contributed by atoms with Crippen LogP contribution in [0.3, 0.4) is 0 Å². The Morgan fingerprint density at radius 2 is 1.88 bits per heavy atom. The molecule has 17 heavy (non-hydrogen) atoms. The Hall–Kier alpha value is -0.530. The molecule has 1 aliphatic rings. The molecule has 0 aliphatic carbocycles. The third-order valence-corrected chi connectivity index (χ3v) is 4.07. The second-order valence-corrected chi connectivity index (χ2v) is 6.11.